The van der Waals surface area contributed by atoms with Gasteiger partial charge in [-0.1, -0.05) is 55.3 Å². The lowest BCUT2D eigenvalue weighted by molar-refractivity contribution is 0.117. The Morgan fingerprint density at radius 2 is 2.00 bits per heavy atom. The Balaban J connectivity index is 2.48. The topological polar surface area (TPSA) is 76.0 Å². The van der Waals surface area contributed by atoms with Crippen molar-refractivity contribution in [2.75, 3.05) is 12.4 Å². The Labute approximate surface area is 127 Å². The van der Waals surface area contributed by atoms with E-state index in [2.05, 4.69) is 4.36 Å². The summed E-state index contributed by atoms with van der Waals surface area (Å²) in [5, 5.41) is 8.73. The van der Waals surface area contributed by atoms with Crippen molar-refractivity contribution in [3.63, 3.8) is 0 Å². The maximum atomic E-state index is 11.7. The zero-order valence-corrected chi connectivity index (χ0v) is 13.2. The number of nitrogens with zero attached hydrogens (tertiary/aromatic N) is 1. The number of amides is 1. The molecule has 118 valence electrons. The van der Waals surface area contributed by atoms with Crippen LogP contribution in [0.4, 0.5) is 4.79 Å². The molecule has 0 unspecified atom stereocenters. The minimum Gasteiger partial charge on any atom is -0.444 e. The number of carbonyl (C=O) groups excluding carboxylic acids is 1. The first-order valence-corrected chi connectivity index (χ1v) is 8.27. The number of ether oxygens (including phenoxy) is 1. The molecule has 1 N–H and O–H groups in total. The van der Waals surface area contributed by atoms with Crippen LogP contribution in [0.1, 0.15) is 38.4 Å². The molecule has 1 aromatic carbocycles. The average Bonchev–Trinajstić information content (AvgIpc) is 2.45. The summed E-state index contributed by atoms with van der Waals surface area (Å²) >= 11 is 0. The van der Waals surface area contributed by atoms with Gasteiger partial charge in [-0.3, -0.25) is 4.36 Å². The predicted octanol–water partition coefficient (Wildman–Crippen LogP) is 3.44. The van der Waals surface area contributed by atoms with E-state index in [9.17, 15) is 9.00 Å². The van der Waals surface area contributed by atoms with E-state index in [4.69, 9.17) is 9.84 Å². The lowest BCUT2D eigenvalue weighted by Gasteiger charge is -2.14. The Kier molecular flexibility index (Phi) is 8.00. The molecule has 0 aliphatic heterocycles. The molecule has 1 aromatic rings. The van der Waals surface area contributed by atoms with E-state index in [1.165, 1.54) is 0 Å². The molecule has 21 heavy (non-hydrogen) atoms. The lowest BCUT2D eigenvalue weighted by atomic mass is 10.1. The number of hydrogen-bond donors (Lipinski definition) is 1. The van der Waals surface area contributed by atoms with Crippen molar-refractivity contribution in [1.82, 2.24) is 0 Å². The zero-order chi connectivity index (χ0) is 15.7. The number of aliphatic hydroxyl groups is 1. The molecule has 0 aliphatic rings. The van der Waals surface area contributed by atoms with Crippen LogP contribution in [0.15, 0.2) is 34.7 Å². The highest BCUT2D eigenvalue weighted by molar-refractivity contribution is 7.75. The second kappa shape index (κ2) is 9.52. The van der Waals surface area contributed by atoms with Crippen molar-refractivity contribution < 1.29 is 18.8 Å². The van der Waals surface area contributed by atoms with Gasteiger partial charge in [-0.05, 0) is 18.9 Å². The highest BCUT2D eigenvalue weighted by Crippen LogP contribution is 2.16. The number of rotatable bonds is 7. The molecule has 0 fully saturated rings. The number of benzene rings is 1. The largest absolute Gasteiger partial charge is 0.444 e. The van der Waals surface area contributed by atoms with Gasteiger partial charge in [-0.25, -0.2) is 4.79 Å². The predicted molar refractivity (Wildman–Crippen MR) is 82.2 cm³/mol. The Morgan fingerprint density at radius 3 is 2.62 bits per heavy atom. The molecule has 0 saturated heterocycles. The standard InChI is InChI=1S/C15H22NO4S/c1-12(7-6-10-17)11-21(19)16-15(18)20-13(2)14-8-4-3-5-9-14/h3-5,8-9,12-13,17H,6-7,10-11H2,1-2H3/q-1/t12-,13-/m0/s1. The highest BCUT2D eigenvalue weighted by atomic mass is 32.2. The molecule has 1 amide bonds. The van der Waals surface area contributed by atoms with Crippen molar-refractivity contribution in [2.24, 2.45) is 10.3 Å². The van der Waals surface area contributed by atoms with E-state index in [0.29, 0.717) is 12.2 Å². The maximum Gasteiger partial charge on any atom is 0.410 e. The van der Waals surface area contributed by atoms with Crippen LogP contribution in [0.2, 0.25) is 0 Å². The number of carbonyl (C=O) groups is 1. The van der Waals surface area contributed by atoms with E-state index in [-0.39, 0.29) is 12.5 Å². The van der Waals surface area contributed by atoms with Crippen LogP contribution >= 0.6 is 0 Å². The Morgan fingerprint density at radius 1 is 1.33 bits per heavy atom. The molecule has 0 aromatic heterocycles. The third-order valence-electron chi connectivity index (χ3n) is 3.01. The molecule has 0 aliphatic carbocycles. The van der Waals surface area contributed by atoms with Gasteiger partial charge in [0.15, 0.2) is 0 Å². The molecule has 1 rings (SSSR count). The summed E-state index contributed by atoms with van der Waals surface area (Å²) < 4.78 is 20.4. The summed E-state index contributed by atoms with van der Waals surface area (Å²) in [6.45, 7) is 3.78. The first-order valence-electron chi connectivity index (χ1n) is 6.99. The van der Waals surface area contributed by atoms with Gasteiger partial charge in [0.25, 0.3) is 0 Å². The van der Waals surface area contributed by atoms with Crippen LogP contribution in [-0.2, 0) is 19.5 Å². The summed E-state index contributed by atoms with van der Waals surface area (Å²) in [6, 6.07) is 9.30. The fourth-order valence-corrected chi connectivity index (χ4v) is 2.79. The van der Waals surface area contributed by atoms with Crippen LogP contribution < -0.4 is 0 Å². The van der Waals surface area contributed by atoms with Crippen molar-refractivity contribution in [2.45, 2.75) is 32.8 Å². The Bertz CT molecular complexity index is 512. The Hall–Kier alpha value is -1.40. The molecule has 0 spiro atoms. The quantitative estimate of drug-likeness (QED) is 0.782. The minimum atomic E-state index is -1.59. The van der Waals surface area contributed by atoms with Crippen molar-refractivity contribution in [3.05, 3.63) is 35.9 Å². The van der Waals surface area contributed by atoms with Crippen molar-refractivity contribution >= 4 is 16.7 Å². The third kappa shape index (κ3) is 7.24. The second-order valence-electron chi connectivity index (χ2n) is 4.99. The molecular weight excluding hydrogens is 290 g/mol. The fraction of sp³-hybridized carbons (Fsp3) is 0.533. The van der Waals surface area contributed by atoms with Gasteiger partial charge in [0, 0.05) is 6.61 Å². The van der Waals surface area contributed by atoms with Gasteiger partial charge in [0.05, 0.1) is 0 Å². The minimum absolute atomic E-state index is 0.116. The smallest absolute Gasteiger partial charge is 0.410 e. The van der Waals surface area contributed by atoms with Gasteiger partial charge >= 0.3 is 6.09 Å². The molecular formula is C15H22NO4S-. The normalized spacial score (nSPS) is 15.4. The molecule has 6 heteroatoms. The van der Waals surface area contributed by atoms with Gasteiger partial charge < -0.3 is 14.1 Å². The highest BCUT2D eigenvalue weighted by Gasteiger charge is 2.08. The monoisotopic (exact) mass is 312 g/mol. The molecule has 2 atom stereocenters. The summed E-state index contributed by atoms with van der Waals surface area (Å²) in [4.78, 5) is 11.6. The van der Waals surface area contributed by atoms with Gasteiger partial charge in [-0.2, -0.15) is 10.6 Å². The van der Waals surface area contributed by atoms with Gasteiger partial charge in [0.1, 0.15) is 6.10 Å². The van der Waals surface area contributed by atoms with E-state index >= 15 is 0 Å². The zero-order valence-electron chi connectivity index (χ0n) is 12.4. The SMILES string of the molecule is C[C@@H](CCCO)C[S-](=O)=NC(=O)O[C@@H](C)c1ccccc1. The van der Waals surface area contributed by atoms with Crippen LogP contribution in [-0.4, -0.2) is 23.6 Å². The second-order valence-corrected chi connectivity index (χ2v) is 6.15. The number of aliphatic hydroxyl groups excluding tert-OH is 1. The van der Waals surface area contributed by atoms with E-state index in [0.717, 1.165) is 12.0 Å². The summed E-state index contributed by atoms with van der Waals surface area (Å²) in [5.41, 5.74) is 0.864. The first-order chi connectivity index (χ1) is 10.0. The van der Waals surface area contributed by atoms with E-state index in [1.807, 2.05) is 37.3 Å². The first kappa shape index (κ1) is 17.7. The molecule has 0 heterocycles. The van der Waals surface area contributed by atoms with Crippen molar-refractivity contribution in [1.29, 1.82) is 0 Å². The summed E-state index contributed by atoms with van der Waals surface area (Å²) in [5.74, 6) is 0.440. The molecule has 0 radical (unpaired) electrons. The van der Waals surface area contributed by atoms with E-state index in [1.54, 1.807) is 6.92 Å². The third-order valence-corrected chi connectivity index (χ3v) is 4.21. The van der Waals surface area contributed by atoms with Gasteiger partial charge in [-0.15, -0.1) is 0 Å². The molecule has 5 nitrogen and oxygen atoms in total. The van der Waals surface area contributed by atoms with Crippen LogP contribution in [0.25, 0.3) is 0 Å². The molecule has 0 saturated carbocycles. The summed E-state index contributed by atoms with van der Waals surface area (Å²) in [6.07, 6.45) is 0.187. The maximum absolute atomic E-state index is 11.7. The average molecular weight is 312 g/mol. The lowest BCUT2D eigenvalue weighted by Crippen LogP contribution is -2.08. The van der Waals surface area contributed by atoms with Crippen molar-refractivity contribution in [3.8, 4) is 0 Å². The van der Waals surface area contributed by atoms with Crippen LogP contribution in [0, 0.1) is 5.92 Å². The molecule has 0 bridgehead atoms. The summed E-state index contributed by atoms with van der Waals surface area (Å²) in [7, 11) is -1.59. The van der Waals surface area contributed by atoms with Gasteiger partial charge in [0.2, 0.25) is 0 Å². The van der Waals surface area contributed by atoms with Crippen LogP contribution in [0.3, 0.4) is 0 Å². The van der Waals surface area contributed by atoms with E-state index < -0.39 is 22.8 Å². The number of hydrogen-bond acceptors (Lipinski definition) is 5. The van der Waals surface area contributed by atoms with Crippen LogP contribution in [0.5, 0.6) is 0 Å². The fourth-order valence-electron chi connectivity index (χ4n) is 1.85.